The van der Waals surface area contributed by atoms with E-state index in [4.69, 9.17) is 4.98 Å². The summed E-state index contributed by atoms with van der Waals surface area (Å²) in [6.07, 6.45) is 0. The molecule has 1 amide bonds. The molecule has 1 unspecified atom stereocenters. The van der Waals surface area contributed by atoms with Crippen LogP contribution in [0.25, 0.3) is 16.6 Å². The molecule has 5 heteroatoms. The third kappa shape index (κ3) is 4.56. The van der Waals surface area contributed by atoms with Crippen LogP contribution in [0.4, 0.5) is 0 Å². The zero-order valence-corrected chi connectivity index (χ0v) is 21.2. The van der Waals surface area contributed by atoms with Gasteiger partial charge in [-0.2, -0.15) is 0 Å². The van der Waals surface area contributed by atoms with E-state index in [1.54, 1.807) is 22.6 Å². The number of para-hydroxylation sites is 2. The molecule has 1 atom stereocenters. The SMILES string of the molecule is Cc1ccccc1-n1c(C(C)N(C)C(=O)C(c2ccccc2)c2ccccc2)nc2ccccc2c1=O. The third-order valence-electron chi connectivity index (χ3n) is 6.97. The van der Waals surface area contributed by atoms with Crippen LogP contribution in [0.3, 0.4) is 0 Å². The lowest BCUT2D eigenvalue weighted by Gasteiger charge is -2.31. The Labute approximate surface area is 216 Å². The predicted octanol–water partition coefficient (Wildman–Crippen LogP) is 6.05. The van der Waals surface area contributed by atoms with E-state index in [1.807, 2.05) is 117 Å². The number of nitrogens with zero attached hydrogens (tertiary/aromatic N) is 3. The number of carbonyl (C=O) groups excluding carboxylic acids is 1. The zero-order chi connectivity index (χ0) is 25.9. The largest absolute Gasteiger partial charge is 0.335 e. The van der Waals surface area contributed by atoms with E-state index in [-0.39, 0.29) is 11.5 Å². The Morgan fingerprint density at radius 1 is 0.784 bits per heavy atom. The van der Waals surface area contributed by atoms with E-state index in [0.717, 1.165) is 22.4 Å². The van der Waals surface area contributed by atoms with Gasteiger partial charge in [0.2, 0.25) is 5.91 Å². The Balaban J connectivity index is 1.65. The molecule has 0 aliphatic rings. The second-order valence-corrected chi connectivity index (χ2v) is 9.29. The maximum absolute atomic E-state index is 14.1. The molecule has 1 aromatic heterocycles. The van der Waals surface area contributed by atoms with Gasteiger partial charge in [0, 0.05) is 7.05 Å². The fourth-order valence-electron chi connectivity index (χ4n) is 4.81. The molecule has 0 bridgehead atoms. The molecule has 0 spiro atoms. The van der Waals surface area contributed by atoms with Crippen molar-refractivity contribution in [3.63, 3.8) is 0 Å². The van der Waals surface area contributed by atoms with Gasteiger partial charge in [-0.25, -0.2) is 4.98 Å². The van der Waals surface area contributed by atoms with Gasteiger partial charge in [-0.1, -0.05) is 91.0 Å². The van der Waals surface area contributed by atoms with Gasteiger partial charge in [-0.15, -0.1) is 0 Å². The molecule has 0 saturated heterocycles. The fraction of sp³-hybridized carbons (Fsp3) is 0.156. The minimum atomic E-state index is -0.478. The first kappa shape index (κ1) is 24.2. The van der Waals surface area contributed by atoms with Gasteiger partial charge in [-0.3, -0.25) is 14.2 Å². The zero-order valence-electron chi connectivity index (χ0n) is 21.2. The van der Waals surface area contributed by atoms with Gasteiger partial charge >= 0.3 is 0 Å². The van der Waals surface area contributed by atoms with Crippen LogP contribution in [-0.2, 0) is 4.79 Å². The molecular formula is C32H29N3O2. The Morgan fingerprint density at radius 2 is 1.32 bits per heavy atom. The van der Waals surface area contributed by atoms with Gasteiger partial charge in [0.25, 0.3) is 5.56 Å². The van der Waals surface area contributed by atoms with Crippen molar-refractivity contribution in [2.24, 2.45) is 0 Å². The highest BCUT2D eigenvalue weighted by Crippen LogP contribution is 2.30. The van der Waals surface area contributed by atoms with Crippen LogP contribution >= 0.6 is 0 Å². The summed E-state index contributed by atoms with van der Waals surface area (Å²) in [5.74, 6) is -0.0219. The summed E-state index contributed by atoms with van der Waals surface area (Å²) in [5, 5.41) is 0.544. The first-order valence-corrected chi connectivity index (χ1v) is 12.4. The number of rotatable bonds is 6. The van der Waals surface area contributed by atoms with E-state index >= 15 is 0 Å². The molecular weight excluding hydrogens is 458 g/mol. The first-order valence-electron chi connectivity index (χ1n) is 12.4. The summed E-state index contributed by atoms with van der Waals surface area (Å²) in [4.78, 5) is 34.6. The minimum absolute atomic E-state index is 0.0661. The highest BCUT2D eigenvalue weighted by molar-refractivity contribution is 5.87. The number of carbonyl (C=O) groups is 1. The van der Waals surface area contributed by atoms with Gasteiger partial charge < -0.3 is 4.90 Å². The van der Waals surface area contributed by atoms with E-state index in [1.165, 1.54) is 0 Å². The molecule has 37 heavy (non-hydrogen) atoms. The molecule has 0 aliphatic heterocycles. The predicted molar refractivity (Wildman–Crippen MR) is 148 cm³/mol. The van der Waals surface area contributed by atoms with Crippen molar-refractivity contribution in [2.75, 3.05) is 7.05 Å². The maximum atomic E-state index is 14.1. The second kappa shape index (κ2) is 10.2. The number of hydrogen-bond donors (Lipinski definition) is 0. The van der Waals surface area contributed by atoms with Crippen LogP contribution in [0.2, 0.25) is 0 Å². The molecule has 0 radical (unpaired) electrons. The normalized spacial score (nSPS) is 12.0. The van der Waals surface area contributed by atoms with Gasteiger partial charge in [0.1, 0.15) is 5.82 Å². The lowest BCUT2D eigenvalue weighted by Crippen LogP contribution is -2.37. The monoisotopic (exact) mass is 487 g/mol. The Hall–Kier alpha value is -4.51. The highest BCUT2D eigenvalue weighted by atomic mass is 16.2. The number of amides is 1. The molecule has 0 fully saturated rings. The average molecular weight is 488 g/mol. The van der Waals surface area contributed by atoms with Crippen LogP contribution in [-0.4, -0.2) is 27.4 Å². The number of aromatic nitrogens is 2. The smallest absolute Gasteiger partial charge is 0.266 e. The molecule has 1 heterocycles. The van der Waals surface area contributed by atoms with Crippen LogP contribution in [0.5, 0.6) is 0 Å². The second-order valence-electron chi connectivity index (χ2n) is 9.29. The van der Waals surface area contributed by atoms with Crippen molar-refractivity contribution in [2.45, 2.75) is 25.8 Å². The van der Waals surface area contributed by atoms with Crippen molar-refractivity contribution in [1.29, 1.82) is 0 Å². The minimum Gasteiger partial charge on any atom is -0.335 e. The Kier molecular flexibility index (Phi) is 6.69. The molecule has 5 rings (SSSR count). The number of hydrogen-bond acceptors (Lipinski definition) is 3. The number of aryl methyl sites for hydroxylation is 1. The molecule has 184 valence electrons. The molecule has 4 aromatic carbocycles. The summed E-state index contributed by atoms with van der Waals surface area (Å²) in [6, 6.07) is 34.2. The summed E-state index contributed by atoms with van der Waals surface area (Å²) in [5.41, 5.74) is 4.01. The van der Waals surface area contributed by atoms with Crippen molar-refractivity contribution in [1.82, 2.24) is 14.5 Å². The Bertz CT molecular complexity index is 1570. The summed E-state index contributed by atoms with van der Waals surface area (Å²) >= 11 is 0. The quantitative estimate of drug-likeness (QED) is 0.293. The standard InChI is InChI=1S/C32H29N3O2/c1-22-14-10-13-21-28(22)35-30(33-27-20-12-11-19-26(27)31(35)36)23(2)34(3)32(37)29(24-15-6-4-7-16-24)25-17-8-5-9-18-25/h4-21,23,29H,1-3H3. The lowest BCUT2D eigenvalue weighted by molar-refractivity contribution is -0.132. The average Bonchev–Trinajstić information content (AvgIpc) is 2.94. The van der Waals surface area contributed by atoms with E-state index in [2.05, 4.69) is 0 Å². The summed E-state index contributed by atoms with van der Waals surface area (Å²) in [7, 11) is 1.79. The molecule has 5 nitrogen and oxygen atoms in total. The number of fused-ring (bicyclic) bond motifs is 1. The van der Waals surface area contributed by atoms with E-state index < -0.39 is 12.0 Å². The van der Waals surface area contributed by atoms with Crippen molar-refractivity contribution in [3.8, 4) is 5.69 Å². The van der Waals surface area contributed by atoms with Gasteiger partial charge in [0.05, 0.1) is 28.6 Å². The first-order chi connectivity index (χ1) is 18.0. The van der Waals surface area contributed by atoms with Gasteiger partial charge in [0.15, 0.2) is 0 Å². The number of likely N-dealkylation sites (N-methyl/N-ethyl adjacent to an activating group) is 1. The van der Waals surface area contributed by atoms with Crippen molar-refractivity contribution < 1.29 is 4.79 Å². The van der Waals surface area contributed by atoms with Gasteiger partial charge in [-0.05, 0) is 48.7 Å². The van der Waals surface area contributed by atoms with E-state index in [9.17, 15) is 9.59 Å². The Morgan fingerprint density at radius 3 is 1.95 bits per heavy atom. The third-order valence-corrected chi connectivity index (χ3v) is 6.97. The van der Waals surface area contributed by atoms with E-state index in [0.29, 0.717) is 16.7 Å². The number of benzene rings is 4. The molecule has 5 aromatic rings. The lowest BCUT2D eigenvalue weighted by atomic mass is 9.89. The van der Waals surface area contributed by atoms with Crippen LogP contribution < -0.4 is 5.56 Å². The summed E-state index contributed by atoms with van der Waals surface area (Å²) < 4.78 is 1.66. The van der Waals surface area contributed by atoms with Crippen molar-refractivity contribution in [3.05, 3.63) is 142 Å². The summed E-state index contributed by atoms with van der Waals surface area (Å²) in [6.45, 7) is 3.90. The maximum Gasteiger partial charge on any atom is 0.266 e. The van der Waals surface area contributed by atoms with Crippen LogP contribution in [0, 0.1) is 6.92 Å². The molecule has 0 aliphatic carbocycles. The van der Waals surface area contributed by atoms with Crippen molar-refractivity contribution >= 4 is 16.8 Å². The molecule has 0 saturated carbocycles. The topological polar surface area (TPSA) is 55.2 Å². The van der Waals surface area contributed by atoms with Crippen LogP contribution in [0.15, 0.2) is 114 Å². The molecule has 0 N–H and O–H groups in total. The van der Waals surface area contributed by atoms with Crippen LogP contribution in [0.1, 0.15) is 41.4 Å². The fourth-order valence-corrected chi connectivity index (χ4v) is 4.81. The highest BCUT2D eigenvalue weighted by Gasteiger charge is 2.31.